The molecule has 23 heavy (non-hydrogen) atoms. The van der Waals surface area contributed by atoms with Crippen LogP contribution in [0.1, 0.15) is 51.0 Å². The van der Waals surface area contributed by atoms with E-state index in [0.717, 1.165) is 35.5 Å². The van der Waals surface area contributed by atoms with E-state index < -0.39 is 11.5 Å². The molecule has 1 saturated carbocycles. The molecule has 1 fully saturated rings. The van der Waals surface area contributed by atoms with Gasteiger partial charge in [-0.25, -0.2) is 4.98 Å². The van der Waals surface area contributed by atoms with Crippen molar-refractivity contribution < 1.29 is 9.90 Å². The third-order valence-electron chi connectivity index (χ3n) is 4.92. The van der Waals surface area contributed by atoms with E-state index in [-0.39, 0.29) is 5.91 Å². The maximum Gasteiger partial charge on any atom is 0.237 e. The molecule has 1 aromatic carbocycles. The van der Waals surface area contributed by atoms with Crippen molar-refractivity contribution in [1.29, 1.82) is 0 Å². The van der Waals surface area contributed by atoms with Gasteiger partial charge in [-0.2, -0.15) is 0 Å². The van der Waals surface area contributed by atoms with Gasteiger partial charge in [0, 0.05) is 17.3 Å². The Balaban J connectivity index is 1.79. The predicted octanol–water partition coefficient (Wildman–Crippen LogP) is 2.92. The summed E-state index contributed by atoms with van der Waals surface area (Å²) in [4.78, 5) is 22.2. The number of hydrogen-bond donors (Lipinski definition) is 2. The van der Waals surface area contributed by atoms with Crippen molar-refractivity contribution in [2.45, 2.75) is 51.2 Å². The van der Waals surface area contributed by atoms with Gasteiger partial charge < -0.3 is 15.0 Å². The summed E-state index contributed by atoms with van der Waals surface area (Å²) in [6.45, 7) is 5.69. The molecular weight excluding hydrogens is 290 g/mol. The van der Waals surface area contributed by atoms with Crippen molar-refractivity contribution in [2.75, 3.05) is 4.90 Å². The van der Waals surface area contributed by atoms with E-state index in [1.165, 1.54) is 0 Å². The molecule has 2 aliphatic rings. The van der Waals surface area contributed by atoms with Crippen LogP contribution in [0.15, 0.2) is 24.4 Å². The van der Waals surface area contributed by atoms with Crippen molar-refractivity contribution in [3.8, 4) is 11.4 Å². The van der Waals surface area contributed by atoms with Crippen molar-refractivity contribution in [3.05, 3.63) is 35.7 Å². The minimum absolute atomic E-state index is 0.191. The van der Waals surface area contributed by atoms with Crippen LogP contribution < -0.4 is 4.90 Å². The summed E-state index contributed by atoms with van der Waals surface area (Å²) in [7, 11) is 0. The van der Waals surface area contributed by atoms with Gasteiger partial charge in [0.15, 0.2) is 0 Å². The second-order valence-corrected chi connectivity index (χ2v) is 7.13. The van der Waals surface area contributed by atoms with Gasteiger partial charge in [-0.1, -0.05) is 12.1 Å². The van der Waals surface area contributed by atoms with E-state index in [9.17, 15) is 9.90 Å². The van der Waals surface area contributed by atoms with E-state index >= 15 is 0 Å². The van der Waals surface area contributed by atoms with Gasteiger partial charge in [-0.3, -0.25) is 4.79 Å². The Hall–Kier alpha value is -2.14. The van der Waals surface area contributed by atoms with Crippen molar-refractivity contribution in [2.24, 2.45) is 0 Å². The lowest BCUT2D eigenvalue weighted by atomic mass is 9.86. The molecule has 4 rings (SSSR count). The first-order valence-corrected chi connectivity index (χ1v) is 8.11. The second-order valence-electron chi connectivity index (χ2n) is 7.13. The van der Waals surface area contributed by atoms with Crippen molar-refractivity contribution in [1.82, 2.24) is 9.97 Å². The van der Waals surface area contributed by atoms with Crippen LogP contribution in [-0.2, 0) is 10.2 Å². The molecule has 1 atom stereocenters. The summed E-state index contributed by atoms with van der Waals surface area (Å²) in [6.07, 6.45) is 3.24. The number of carbonyl (C=O) groups excluding carboxylic acids is 1. The van der Waals surface area contributed by atoms with Gasteiger partial charge in [-0.05, 0) is 45.2 Å². The number of H-pyrrole nitrogens is 1. The lowest BCUT2D eigenvalue weighted by Crippen LogP contribution is -2.37. The highest BCUT2D eigenvalue weighted by atomic mass is 16.3. The smallest absolute Gasteiger partial charge is 0.237 e. The van der Waals surface area contributed by atoms with Crippen molar-refractivity contribution >= 4 is 11.6 Å². The first-order valence-electron chi connectivity index (χ1n) is 8.11. The fourth-order valence-corrected chi connectivity index (χ4v) is 3.32. The molecule has 120 valence electrons. The molecule has 1 aliphatic carbocycles. The monoisotopic (exact) mass is 311 g/mol. The second kappa shape index (κ2) is 4.68. The van der Waals surface area contributed by atoms with Crippen LogP contribution in [0.25, 0.3) is 11.4 Å². The normalized spacial score (nSPS) is 20.7. The number of aliphatic hydroxyl groups excluding tert-OH is 1. The molecule has 1 aliphatic heterocycles. The standard InChI is InChI=1S/C18H21N3O2/c1-10(22)14-9-19-16(20-14)11-4-7-13-15(8-11)21(12-5-6-12)17(23)18(13,2)3/h4,7-10,12,22H,5-6H2,1-3H3,(H,19,20). The van der Waals surface area contributed by atoms with E-state index in [4.69, 9.17) is 0 Å². The molecule has 1 aromatic heterocycles. The average molecular weight is 311 g/mol. The highest BCUT2D eigenvalue weighted by Crippen LogP contribution is 2.47. The summed E-state index contributed by atoms with van der Waals surface area (Å²) in [6, 6.07) is 6.43. The Morgan fingerprint density at radius 3 is 2.74 bits per heavy atom. The number of imidazole rings is 1. The third kappa shape index (κ3) is 2.10. The number of benzene rings is 1. The summed E-state index contributed by atoms with van der Waals surface area (Å²) < 4.78 is 0. The largest absolute Gasteiger partial charge is 0.387 e. The van der Waals surface area contributed by atoms with Crippen LogP contribution in [0.3, 0.4) is 0 Å². The molecule has 2 heterocycles. The van der Waals surface area contributed by atoms with E-state index in [0.29, 0.717) is 11.7 Å². The Kier molecular flexibility index (Phi) is 2.94. The zero-order chi connectivity index (χ0) is 16.4. The summed E-state index contributed by atoms with van der Waals surface area (Å²) in [5, 5.41) is 9.64. The summed E-state index contributed by atoms with van der Waals surface area (Å²) in [5.74, 6) is 0.910. The lowest BCUT2D eigenvalue weighted by Gasteiger charge is -2.19. The molecule has 0 saturated heterocycles. The number of amides is 1. The van der Waals surface area contributed by atoms with E-state index in [1.54, 1.807) is 13.1 Å². The van der Waals surface area contributed by atoms with Crippen LogP contribution in [-0.4, -0.2) is 27.0 Å². The summed E-state index contributed by atoms with van der Waals surface area (Å²) in [5.41, 5.74) is 3.25. The number of aliphatic hydroxyl groups is 1. The molecule has 2 aromatic rings. The summed E-state index contributed by atoms with van der Waals surface area (Å²) >= 11 is 0. The highest BCUT2D eigenvalue weighted by molar-refractivity contribution is 6.08. The fraction of sp³-hybridized carbons (Fsp3) is 0.444. The van der Waals surface area contributed by atoms with Crippen LogP contribution in [0.4, 0.5) is 5.69 Å². The number of aromatic nitrogens is 2. The number of carbonyl (C=O) groups is 1. The molecule has 1 amide bonds. The minimum Gasteiger partial charge on any atom is -0.387 e. The Labute approximate surface area is 135 Å². The highest BCUT2D eigenvalue weighted by Gasteiger charge is 2.48. The Bertz CT molecular complexity index is 787. The Morgan fingerprint density at radius 1 is 1.39 bits per heavy atom. The molecular formula is C18H21N3O2. The van der Waals surface area contributed by atoms with Gasteiger partial charge >= 0.3 is 0 Å². The maximum atomic E-state index is 12.8. The van der Waals surface area contributed by atoms with Crippen LogP contribution in [0, 0.1) is 0 Å². The topological polar surface area (TPSA) is 69.2 Å². The number of rotatable bonds is 3. The molecule has 0 bridgehead atoms. The van der Waals surface area contributed by atoms with E-state index in [2.05, 4.69) is 9.97 Å². The van der Waals surface area contributed by atoms with Gasteiger partial charge in [-0.15, -0.1) is 0 Å². The van der Waals surface area contributed by atoms with Gasteiger partial charge in [0.1, 0.15) is 5.82 Å². The molecule has 0 radical (unpaired) electrons. The van der Waals surface area contributed by atoms with Gasteiger partial charge in [0.25, 0.3) is 0 Å². The number of aromatic amines is 1. The minimum atomic E-state index is -0.575. The van der Waals surface area contributed by atoms with Crippen molar-refractivity contribution in [3.63, 3.8) is 0 Å². The molecule has 1 unspecified atom stereocenters. The van der Waals surface area contributed by atoms with Crippen LogP contribution >= 0.6 is 0 Å². The predicted molar refractivity (Wildman–Crippen MR) is 88.2 cm³/mol. The third-order valence-corrected chi connectivity index (χ3v) is 4.92. The van der Waals surface area contributed by atoms with Crippen LogP contribution in [0.2, 0.25) is 0 Å². The Morgan fingerprint density at radius 2 is 2.13 bits per heavy atom. The molecule has 2 N–H and O–H groups in total. The SMILES string of the molecule is CC(O)c1cnc(-c2ccc3c(c2)N(C2CC2)C(=O)C3(C)C)[nH]1. The fourth-order valence-electron chi connectivity index (χ4n) is 3.32. The number of fused-ring (bicyclic) bond motifs is 1. The van der Waals surface area contributed by atoms with Crippen LogP contribution in [0.5, 0.6) is 0 Å². The number of nitrogens with zero attached hydrogens (tertiary/aromatic N) is 2. The number of anilines is 1. The maximum absolute atomic E-state index is 12.8. The zero-order valence-electron chi connectivity index (χ0n) is 13.6. The van der Waals surface area contributed by atoms with Gasteiger partial charge in [0.2, 0.25) is 5.91 Å². The zero-order valence-corrected chi connectivity index (χ0v) is 13.6. The van der Waals surface area contributed by atoms with Gasteiger partial charge in [0.05, 0.1) is 23.4 Å². The average Bonchev–Trinajstić information content (AvgIpc) is 3.16. The molecule has 0 spiro atoms. The number of hydrogen-bond acceptors (Lipinski definition) is 3. The lowest BCUT2D eigenvalue weighted by molar-refractivity contribution is -0.122. The molecule has 5 heteroatoms. The quantitative estimate of drug-likeness (QED) is 0.915. The number of nitrogens with one attached hydrogen (secondary N) is 1. The van der Waals surface area contributed by atoms with E-state index in [1.807, 2.05) is 36.9 Å². The molecule has 5 nitrogen and oxygen atoms in total. The first kappa shape index (κ1) is 14.5. The first-order chi connectivity index (χ1) is 10.9.